The Kier molecular flexibility index (Phi) is 4.46. The second kappa shape index (κ2) is 6.13. The number of nitrogens with two attached hydrogens (primary N) is 1. The molecule has 8 heteroatoms. The molecule has 2 rings (SSSR count). The number of aryl methyl sites for hydroxylation is 1. The van der Waals surface area contributed by atoms with Crippen molar-refractivity contribution in [2.75, 3.05) is 18.4 Å². The Morgan fingerprint density at radius 1 is 1.33 bits per heavy atom. The zero-order valence-electron chi connectivity index (χ0n) is 12.6. The summed E-state index contributed by atoms with van der Waals surface area (Å²) in [6.45, 7) is 3.53. The molecule has 4 N–H and O–H groups in total. The van der Waals surface area contributed by atoms with Gasteiger partial charge in [0.15, 0.2) is 11.2 Å². The molecule has 0 aliphatic rings. The normalized spacial score (nSPS) is 12.8. The molecule has 116 valence electrons. The van der Waals surface area contributed by atoms with Crippen LogP contribution in [-0.4, -0.2) is 32.2 Å². The molecule has 0 saturated heterocycles. The summed E-state index contributed by atoms with van der Waals surface area (Å²) < 4.78 is 2.42. The third-order valence-electron chi connectivity index (χ3n) is 3.66. The second-order valence-electron chi connectivity index (χ2n) is 5.40. The number of nitrogens with one attached hydrogen (secondary N) is 2. The van der Waals surface area contributed by atoms with Crippen LogP contribution in [0.3, 0.4) is 0 Å². The minimum atomic E-state index is -0.387. The highest BCUT2D eigenvalue weighted by Crippen LogP contribution is 2.09. The number of nitrogens with zero attached hydrogens (tertiary/aromatic N) is 3. The Morgan fingerprint density at radius 2 is 2.05 bits per heavy atom. The molecular formula is C13H22N6O2. The number of H-pyrrole nitrogens is 1. The maximum Gasteiger partial charge on any atom is 0.332 e. The van der Waals surface area contributed by atoms with Gasteiger partial charge in [-0.2, -0.15) is 4.98 Å². The lowest BCUT2D eigenvalue weighted by Crippen LogP contribution is -2.36. The molecule has 21 heavy (non-hydrogen) atoms. The fourth-order valence-electron chi connectivity index (χ4n) is 2.18. The van der Waals surface area contributed by atoms with Crippen LogP contribution >= 0.6 is 0 Å². The number of hydrogen-bond acceptors (Lipinski definition) is 5. The quantitative estimate of drug-likeness (QED) is 0.636. The van der Waals surface area contributed by atoms with Crippen LogP contribution in [0.1, 0.15) is 19.8 Å². The van der Waals surface area contributed by atoms with E-state index in [0.717, 1.165) is 24.0 Å². The fraction of sp³-hybridized carbons (Fsp3) is 0.615. The Morgan fingerprint density at radius 3 is 2.71 bits per heavy atom. The van der Waals surface area contributed by atoms with Crippen molar-refractivity contribution in [3.8, 4) is 0 Å². The zero-order chi connectivity index (χ0) is 15.6. The molecule has 0 saturated carbocycles. The molecule has 0 radical (unpaired) electrons. The molecule has 0 aliphatic carbocycles. The van der Waals surface area contributed by atoms with Crippen molar-refractivity contribution in [1.82, 2.24) is 19.1 Å². The number of rotatable bonds is 6. The highest BCUT2D eigenvalue weighted by Gasteiger charge is 2.13. The van der Waals surface area contributed by atoms with Crippen molar-refractivity contribution in [2.24, 2.45) is 25.7 Å². The van der Waals surface area contributed by atoms with Crippen LogP contribution < -0.4 is 22.3 Å². The minimum Gasteiger partial charge on any atom is -0.356 e. The van der Waals surface area contributed by atoms with Crippen molar-refractivity contribution >= 4 is 17.1 Å². The number of aromatic nitrogens is 4. The van der Waals surface area contributed by atoms with Crippen LogP contribution in [0, 0.1) is 5.92 Å². The molecule has 0 aliphatic heterocycles. The van der Waals surface area contributed by atoms with E-state index in [9.17, 15) is 9.59 Å². The van der Waals surface area contributed by atoms with Crippen LogP contribution in [0.4, 0.5) is 5.95 Å². The molecule has 0 fully saturated rings. The van der Waals surface area contributed by atoms with Gasteiger partial charge in [-0.25, -0.2) is 4.79 Å². The van der Waals surface area contributed by atoms with Gasteiger partial charge < -0.3 is 16.0 Å². The van der Waals surface area contributed by atoms with E-state index in [0.29, 0.717) is 29.6 Å². The fourth-order valence-corrected chi connectivity index (χ4v) is 2.18. The largest absolute Gasteiger partial charge is 0.356 e. The first-order valence-electron chi connectivity index (χ1n) is 7.05. The first kappa shape index (κ1) is 15.3. The highest BCUT2D eigenvalue weighted by atomic mass is 16.2. The molecule has 2 aromatic rings. The lowest BCUT2D eigenvalue weighted by Gasteiger charge is -2.07. The van der Waals surface area contributed by atoms with Gasteiger partial charge in [-0.15, -0.1) is 0 Å². The van der Waals surface area contributed by atoms with E-state index in [2.05, 4.69) is 22.2 Å². The van der Waals surface area contributed by atoms with Gasteiger partial charge in [0.05, 0.1) is 0 Å². The molecular weight excluding hydrogens is 272 g/mol. The average Bonchev–Trinajstić information content (AvgIpc) is 2.91. The van der Waals surface area contributed by atoms with Crippen LogP contribution in [0.2, 0.25) is 0 Å². The second-order valence-corrected chi connectivity index (χ2v) is 5.40. The Hall–Kier alpha value is -2.09. The molecule has 0 amide bonds. The molecule has 2 aromatic heterocycles. The molecule has 0 aromatic carbocycles. The Bertz CT molecular complexity index is 741. The van der Waals surface area contributed by atoms with E-state index >= 15 is 0 Å². The monoisotopic (exact) mass is 294 g/mol. The third kappa shape index (κ3) is 2.99. The Balaban J connectivity index is 2.17. The first-order valence-corrected chi connectivity index (χ1v) is 7.05. The summed E-state index contributed by atoms with van der Waals surface area (Å²) in [6, 6.07) is 0. The van der Waals surface area contributed by atoms with Crippen molar-refractivity contribution in [3.63, 3.8) is 0 Å². The van der Waals surface area contributed by atoms with Crippen molar-refractivity contribution in [3.05, 3.63) is 20.8 Å². The highest BCUT2D eigenvalue weighted by molar-refractivity contribution is 5.72. The van der Waals surface area contributed by atoms with E-state index < -0.39 is 0 Å². The van der Waals surface area contributed by atoms with Crippen LogP contribution in [0.5, 0.6) is 0 Å². The predicted molar refractivity (Wildman–Crippen MR) is 82.5 cm³/mol. The number of imidazole rings is 1. The molecule has 8 nitrogen and oxygen atoms in total. The summed E-state index contributed by atoms with van der Waals surface area (Å²) in [4.78, 5) is 31.0. The number of hydrogen-bond donors (Lipinski definition) is 3. The molecule has 2 heterocycles. The van der Waals surface area contributed by atoms with Gasteiger partial charge in [0.2, 0.25) is 5.95 Å². The number of fused-ring (bicyclic) bond motifs is 1. The van der Waals surface area contributed by atoms with Crippen molar-refractivity contribution < 1.29 is 0 Å². The first-order chi connectivity index (χ1) is 9.95. The summed E-state index contributed by atoms with van der Waals surface area (Å²) in [5.74, 6) is 0.999. The zero-order valence-corrected chi connectivity index (χ0v) is 12.6. The van der Waals surface area contributed by atoms with Gasteiger partial charge in [-0.1, -0.05) is 6.92 Å². The third-order valence-corrected chi connectivity index (χ3v) is 3.66. The van der Waals surface area contributed by atoms with Gasteiger partial charge in [0.25, 0.3) is 5.56 Å². The van der Waals surface area contributed by atoms with E-state index in [4.69, 9.17) is 5.73 Å². The van der Waals surface area contributed by atoms with Gasteiger partial charge in [-0.05, 0) is 25.3 Å². The maximum absolute atomic E-state index is 12.0. The van der Waals surface area contributed by atoms with E-state index in [-0.39, 0.29) is 11.2 Å². The van der Waals surface area contributed by atoms with Gasteiger partial charge in [-0.3, -0.25) is 13.9 Å². The van der Waals surface area contributed by atoms with Crippen LogP contribution in [0.15, 0.2) is 9.59 Å². The summed E-state index contributed by atoms with van der Waals surface area (Å²) in [5.41, 5.74) is 5.51. The summed E-state index contributed by atoms with van der Waals surface area (Å²) in [7, 11) is 3.05. The summed E-state index contributed by atoms with van der Waals surface area (Å²) >= 11 is 0. The minimum absolute atomic E-state index is 0.331. The predicted octanol–water partition coefficient (Wildman–Crippen LogP) is -0.253. The lowest BCUT2D eigenvalue weighted by molar-refractivity contribution is 0.529. The number of aromatic amines is 1. The van der Waals surface area contributed by atoms with Crippen molar-refractivity contribution in [2.45, 2.75) is 19.8 Å². The van der Waals surface area contributed by atoms with Gasteiger partial charge >= 0.3 is 5.69 Å². The van der Waals surface area contributed by atoms with Crippen LogP contribution in [-0.2, 0) is 14.1 Å². The van der Waals surface area contributed by atoms with E-state index in [1.54, 1.807) is 7.05 Å². The van der Waals surface area contributed by atoms with E-state index in [1.165, 1.54) is 11.6 Å². The van der Waals surface area contributed by atoms with Crippen molar-refractivity contribution in [1.29, 1.82) is 0 Å². The smallest absolute Gasteiger partial charge is 0.332 e. The number of anilines is 1. The molecule has 1 unspecified atom stereocenters. The summed E-state index contributed by atoms with van der Waals surface area (Å²) in [5, 5.41) is 3.14. The van der Waals surface area contributed by atoms with Gasteiger partial charge in [0, 0.05) is 20.6 Å². The van der Waals surface area contributed by atoms with Crippen LogP contribution in [0.25, 0.3) is 11.2 Å². The Labute approximate surface area is 122 Å². The molecule has 0 bridgehead atoms. The molecule has 1 atom stereocenters. The average molecular weight is 294 g/mol. The molecule has 0 spiro atoms. The van der Waals surface area contributed by atoms with E-state index in [1.807, 2.05) is 0 Å². The maximum atomic E-state index is 12.0. The van der Waals surface area contributed by atoms with Gasteiger partial charge in [0.1, 0.15) is 0 Å². The summed E-state index contributed by atoms with van der Waals surface area (Å²) in [6.07, 6.45) is 2.00. The standard InChI is InChI=1S/C13H22N6O2/c1-8(7-14)5-4-6-15-12-16-9-10(17-12)18(2)13(21)19(3)11(9)20/h8H,4-7,14H2,1-3H3,(H2,15,16,17). The lowest BCUT2D eigenvalue weighted by atomic mass is 10.1. The SMILES string of the molecule is CC(CN)CCCNc1nc2c([nH]1)c(=O)n(C)c(=O)n2C. The topological polar surface area (TPSA) is 111 Å².